The van der Waals surface area contributed by atoms with Crippen molar-refractivity contribution >= 4 is 9.12 Å². The van der Waals surface area contributed by atoms with Crippen LogP contribution in [0.15, 0.2) is 23.9 Å². The van der Waals surface area contributed by atoms with Crippen molar-refractivity contribution in [3.05, 3.63) is 29.6 Å². The zero-order chi connectivity index (χ0) is 4.24. The Bertz CT molecular complexity index is 75.9. The van der Waals surface area contributed by atoms with Gasteiger partial charge in [-0.15, -0.1) is 0 Å². The van der Waals surface area contributed by atoms with E-state index < -0.39 is 0 Å². The first-order chi connectivity index (χ1) is 3.00. The molecule has 29 valence electrons. The van der Waals surface area contributed by atoms with Crippen LogP contribution in [0.3, 0.4) is 0 Å². The van der Waals surface area contributed by atoms with Gasteiger partial charge in [0, 0.05) is 9.12 Å². The molecule has 0 bridgehead atoms. The van der Waals surface area contributed by atoms with Gasteiger partial charge in [0.15, 0.2) is 0 Å². The highest BCUT2D eigenvalue weighted by atomic mass is 28.2. The molecule has 0 aliphatic heterocycles. The van der Waals surface area contributed by atoms with Gasteiger partial charge in [0.2, 0.25) is 0 Å². The van der Waals surface area contributed by atoms with E-state index in [4.69, 9.17) is 0 Å². The molecular weight excluding hydrogens is 88.1 g/mol. The quantitative estimate of drug-likeness (QED) is 0.411. The highest BCUT2D eigenvalue weighted by molar-refractivity contribution is 6.25. The molecule has 0 saturated heterocycles. The minimum Gasteiger partial charge on any atom is -0.0799 e. The molecule has 1 heteroatoms. The van der Waals surface area contributed by atoms with E-state index >= 15 is 0 Å². The van der Waals surface area contributed by atoms with Gasteiger partial charge in [0.1, 0.15) is 0 Å². The smallest absolute Gasteiger partial charge is 0.0295 e. The Morgan fingerprint density at radius 2 is 2.33 bits per heavy atom. The summed E-state index contributed by atoms with van der Waals surface area (Å²) in [4.78, 5) is 0. The van der Waals surface area contributed by atoms with Crippen molar-refractivity contribution < 1.29 is 0 Å². The third-order valence-corrected chi connectivity index (χ3v) is 1.41. The van der Waals surface area contributed by atoms with Crippen LogP contribution in [0, 0.1) is 5.68 Å². The van der Waals surface area contributed by atoms with Crippen molar-refractivity contribution in [3.8, 4) is 0 Å². The SMILES string of the molecule is [c]1cccc[siH]1. The highest BCUT2D eigenvalue weighted by Crippen LogP contribution is 1.72. The molecule has 0 nitrogen and oxygen atoms in total. The van der Waals surface area contributed by atoms with E-state index in [1.807, 2.05) is 12.1 Å². The summed E-state index contributed by atoms with van der Waals surface area (Å²) in [6, 6.07) is 6.03. The van der Waals surface area contributed by atoms with Crippen molar-refractivity contribution in [2.75, 3.05) is 0 Å². The fourth-order valence-electron chi connectivity index (χ4n) is 0.342. The largest absolute Gasteiger partial charge is 0.0799 e. The lowest BCUT2D eigenvalue weighted by Gasteiger charge is -1.68. The Labute approximate surface area is 39.6 Å². The lowest BCUT2D eigenvalue weighted by molar-refractivity contribution is 1.85. The average Bonchev–Trinajstić information content (AvgIpc) is 1.72. The summed E-state index contributed by atoms with van der Waals surface area (Å²) < 4.78 is 0. The lowest BCUT2D eigenvalue weighted by Crippen LogP contribution is -1.61. The van der Waals surface area contributed by atoms with Crippen LogP contribution in [-0.4, -0.2) is 9.12 Å². The first-order valence-electron chi connectivity index (χ1n) is 1.91. The predicted molar refractivity (Wildman–Crippen MR) is 28.0 cm³/mol. The van der Waals surface area contributed by atoms with Gasteiger partial charge >= 0.3 is 0 Å². The summed E-state index contributed by atoms with van der Waals surface area (Å²) >= 11 is 0. The van der Waals surface area contributed by atoms with Gasteiger partial charge in [0.05, 0.1) is 0 Å². The van der Waals surface area contributed by atoms with E-state index in [1.165, 1.54) is 0 Å². The van der Waals surface area contributed by atoms with Gasteiger partial charge in [-0.2, -0.15) is 0 Å². The first kappa shape index (κ1) is 3.75. The average molecular weight is 93.2 g/mol. The van der Waals surface area contributed by atoms with Crippen LogP contribution in [0.4, 0.5) is 0 Å². The van der Waals surface area contributed by atoms with Gasteiger partial charge in [-0.25, -0.2) is 0 Å². The van der Waals surface area contributed by atoms with Crippen LogP contribution in [0.25, 0.3) is 0 Å². The second-order valence-electron chi connectivity index (χ2n) is 1.08. The van der Waals surface area contributed by atoms with Crippen molar-refractivity contribution in [1.82, 2.24) is 0 Å². The van der Waals surface area contributed by atoms with E-state index in [1.54, 1.807) is 0 Å². The monoisotopic (exact) mass is 93.0 g/mol. The maximum Gasteiger partial charge on any atom is 0.0295 e. The molecule has 0 saturated carbocycles. The fourth-order valence-corrected chi connectivity index (χ4v) is 0.915. The maximum absolute atomic E-state index is 3.10. The number of rotatable bonds is 0. The van der Waals surface area contributed by atoms with Crippen LogP contribution in [0.1, 0.15) is 0 Å². The molecule has 1 heterocycles. The van der Waals surface area contributed by atoms with Gasteiger partial charge < -0.3 is 0 Å². The third kappa shape index (κ3) is 0.758. The van der Waals surface area contributed by atoms with Gasteiger partial charge in [-0.1, -0.05) is 23.9 Å². The Morgan fingerprint density at radius 1 is 1.33 bits per heavy atom. The summed E-state index contributed by atoms with van der Waals surface area (Å²) in [5.74, 6) is 0. The number of hydrogen-bond donors (Lipinski definition) is 0. The molecule has 0 unspecified atom stereocenters. The summed E-state index contributed by atoms with van der Waals surface area (Å²) in [5, 5.41) is 0. The summed E-state index contributed by atoms with van der Waals surface area (Å²) in [6.07, 6.45) is 0. The topological polar surface area (TPSA) is 0 Å². The minimum atomic E-state index is 0.388. The van der Waals surface area contributed by atoms with E-state index in [2.05, 4.69) is 17.4 Å². The highest BCUT2D eigenvalue weighted by Gasteiger charge is 1.59. The van der Waals surface area contributed by atoms with Crippen LogP contribution < -0.4 is 0 Å². The lowest BCUT2D eigenvalue weighted by atomic mass is 10.6. The predicted octanol–water partition coefficient (Wildman–Crippen LogP) is 0.557. The van der Waals surface area contributed by atoms with E-state index in [9.17, 15) is 0 Å². The molecule has 1 aromatic rings. The van der Waals surface area contributed by atoms with Crippen LogP contribution in [0.5, 0.6) is 0 Å². The fraction of sp³-hybridized carbons (Fsp3) is 0. The maximum atomic E-state index is 3.10. The van der Waals surface area contributed by atoms with Gasteiger partial charge in [0.25, 0.3) is 0 Å². The van der Waals surface area contributed by atoms with Gasteiger partial charge in [-0.05, 0) is 5.68 Å². The Hall–Kier alpha value is -0.433. The third-order valence-electron chi connectivity index (χ3n) is 0.607. The van der Waals surface area contributed by atoms with Crippen LogP contribution in [0.2, 0.25) is 0 Å². The molecule has 1 radical (unpaired) electrons. The van der Waals surface area contributed by atoms with E-state index in [-0.39, 0.29) is 0 Å². The van der Waals surface area contributed by atoms with Crippen molar-refractivity contribution in [3.63, 3.8) is 0 Å². The summed E-state index contributed by atoms with van der Waals surface area (Å²) in [5.41, 5.74) is 5.25. The second-order valence-corrected chi connectivity index (χ2v) is 2.13. The molecule has 0 aliphatic rings. The van der Waals surface area contributed by atoms with Crippen LogP contribution in [-0.2, 0) is 0 Å². The first-order valence-corrected chi connectivity index (χ1v) is 3.15. The molecule has 0 fully saturated rings. The second kappa shape index (κ2) is 1.87. The van der Waals surface area contributed by atoms with Crippen molar-refractivity contribution in [1.29, 1.82) is 0 Å². The molecule has 0 spiro atoms. The molecule has 0 aliphatic carbocycles. The molecule has 0 atom stereocenters. The molecule has 1 aromatic heterocycles. The van der Waals surface area contributed by atoms with Crippen molar-refractivity contribution in [2.45, 2.75) is 0 Å². The molecule has 0 N–H and O–H groups in total. The van der Waals surface area contributed by atoms with Crippen molar-refractivity contribution in [2.24, 2.45) is 0 Å². The Morgan fingerprint density at radius 3 is 2.50 bits per heavy atom. The van der Waals surface area contributed by atoms with E-state index in [0.29, 0.717) is 9.12 Å². The van der Waals surface area contributed by atoms with E-state index in [0.717, 1.165) is 0 Å². The summed E-state index contributed by atoms with van der Waals surface area (Å²) in [6.45, 7) is 0. The Kier molecular flexibility index (Phi) is 1.17. The molecule has 0 aromatic carbocycles. The minimum absolute atomic E-state index is 0.388. The zero-order valence-corrected chi connectivity index (χ0v) is 4.54. The molecule has 0 amide bonds. The van der Waals surface area contributed by atoms with Gasteiger partial charge in [-0.3, -0.25) is 0 Å². The zero-order valence-electron chi connectivity index (χ0n) is 3.39. The normalized spacial score (nSPS) is 8.00. The standard InChI is InChI=1S/C5H5Si/c1-2-4-6-5-3-1/h1-4,6H. The number of hydrogen-bond acceptors (Lipinski definition) is 0. The molecular formula is C5H5Si. The van der Waals surface area contributed by atoms with Crippen LogP contribution >= 0.6 is 0 Å². The molecule has 6 heavy (non-hydrogen) atoms. The molecule has 1 rings (SSSR count). The Balaban J connectivity index is 3.00. The summed E-state index contributed by atoms with van der Waals surface area (Å²) in [7, 11) is 0.388.